The Morgan fingerprint density at radius 1 is 1.12 bits per heavy atom. The molecule has 0 aromatic heterocycles. The number of nitrogens with one attached hydrogen (secondary N) is 2. The van der Waals surface area contributed by atoms with Gasteiger partial charge in [0.1, 0.15) is 11.4 Å². The molecule has 0 aliphatic carbocycles. The first kappa shape index (κ1) is 19.5. The summed E-state index contributed by atoms with van der Waals surface area (Å²) in [5.41, 5.74) is 1.38. The highest BCUT2D eigenvalue weighted by molar-refractivity contribution is 7.85. The standard InChI is InChI=1S/C14H14FN3O7S/c1-7-4-14(26(22,23)24)8(2)3-10(7)16-12-5-9(15)11(17-25-21)6-13(12)18(19)20/h3-6,16-17,21H,1-2H3,(H,22,23,24). The maximum absolute atomic E-state index is 14.0. The Morgan fingerprint density at radius 2 is 1.77 bits per heavy atom. The Morgan fingerprint density at radius 3 is 2.31 bits per heavy atom. The van der Waals surface area contributed by atoms with Crippen molar-refractivity contribution in [1.82, 2.24) is 0 Å². The van der Waals surface area contributed by atoms with Crippen LogP contribution in [-0.4, -0.2) is 23.2 Å². The first-order chi connectivity index (χ1) is 12.0. The highest BCUT2D eigenvalue weighted by Gasteiger charge is 2.21. The van der Waals surface area contributed by atoms with E-state index in [-0.39, 0.29) is 21.8 Å². The molecule has 26 heavy (non-hydrogen) atoms. The van der Waals surface area contributed by atoms with Gasteiger partial charge < -0.3 is 5.32 Å². The van der Waals surface area contributed by atoms with E-state index in [0.29, 0.717) is 5.56 Å². The van der Waals surface area contributed by atoms with Crippen molar-refractivity contribution in [3.8, 4) is 0 Å². The van der Waals surface area contributed by atoms with Crippen LogP contribution in [0.3, 0.4) is 0 Å². The van der Waals surface area contributed by atoms with Crippen LogP contribution in [0, 0.1) is 29.8 Å². The number of hydrogen-bond donors (Lipinski definition) is 4. The van der Waals surface area contributed by atoms with E-state index in [1.165, 1.54) is 26.0 Å². The zero-order valence-corrected chi connectivity index (χ0v) is 14.3. The molecule has 0 saturated heterocycles. The van der Waals surface area contributed by atoms with Crippen LogP contribution in [0.1, 0.15) is 11.1 Å². The number of rotatable bonds is 6. The third-order valence-electron chi connectivity index (χ3n) is 3.51. The molecular weight excluding hydrogens is 373 g/mol. The average molecular weight is 387 g/mol. The fraction of sp³-hybridized carbons (Fsp3) is 0.143. The zero-order chi connectivity index (χ0) is 19.6. The predicted molar refractivity (Wildman–Crippen MR) is 89.4 cm³/mol. The second kappa shape index (κ2) is 7.21. The summed E-state index contributed by atoms with van der Waals surface area (Å²) in [6.45, 7) is 2.93. The fourth-order valence-corrected chi connectivity index (χ4v) is 3.08. The lowest BCUT2D eigenvalue weighted by Gasteiger charge is -2.14. The summed E-state index contributed by atoms with van der Waals surface area (Å²) >= 11 is 0. The SMILES string of the molecule is Cc1cc(S(=O)(=O)O)c(C)cc1Nc1cc(F)c(NOO)cc1[N+](=O)[O-]. The molecule has 0 unspecified atom stereocenters. The van der Waals surface area contributed by atoms with Crippen LogP contribution >= 0.6 is 0 Å². The summed E-state index contributed by atoms with van der Waals surface area (Å²) in [6.07, 6.45) is 0. The van der Waals surface area contributed by atoms with Crippen LogP contribution in [0.25, 0.3) is 0 Å². The molecule has 0 spiro atoms. The number of halogens is 1. The molecule has 0 aliphatic rings. The predicted octanol–water partition coefficient (Wildman–Crippen LogP) is 3.16. The quantitative estimate of drug-likeness (QED) is 0.253. The van der Waals surface area contributed by atoms with Crippen LogP contribution in [0.4, 0.5) is 27.1 Å². The molecule has 0 aliphatic heterocycles. The maximum atomic E-state index is 14.0. The van der Waals surface area contributed by atoms with Crippen molar-refractivity contribution in [2.75, 3.05) is 10.8 Å². The van der Waals surface area contributed by atoms with Gasteiger partial charge in [0.15, 0.2) is 5.82 Å². The summed E-state index contributed by atoms with van der Waals surface area (Å²) in [7, 11) is -4.43. The average Bonchev–Trinajstić information content (AvgIpc) is 2.51. The molecule has 0 radical (unpaired) electrons. The van der Waals surface area contributed by atoms with Crippen molar-refractivity contribution < 1.29 is 32.5 Å². The van der Waals surface area contributed by atoms with E-state index < -0.39 is 32.2 Å². The molecule has 0 atom stereocenters. The van der Waals surface area contributed by atoms with Crippen LogP contribution in [0.2, 0.25) is 0 Å². The van der Waals surface area contributed by atoms with Gasteiger partial charge in [0.25, 0.3) is 15.8 Å². The molecule has 140 valence electrons. The van der Waals surface area contributed by atoms with Crippen molar-refractivity contribution in [2.24, 2.45) is 0 Å². The van der Waals surface area contributed by atoms with E-state index in [4.69, 9.17) is 5.26 Å². The lowest BCUT2D eigenvalue weighted by Crippen LogP contribution is -2.06. The molecular formula is C14H14FN3O7S. The van der Waals surface area contributed by atoms with Crippen LogP contribution in [0.5, 0.6) is 0 Å². The molecule has 10 nitrogen and oxygen atoms in total. The second-order valence-electron chi connectivity index (χ2n) is 5.33. The largest absolute Gasteiger partial charge is 0.350 e. The molecule has 0 bridgehead atoms. The summed E-state index contributed by atoms with van der Waals surface area (Å²) in [4.78, 5) is 13.7. The molecule has 4 N–H and O–H groups in total. The molecule has 0 saturated carbocycles. The molecule has 2 rings (SSSR count). The van der Waals surface area contributed by atoms with Gasteiger partial charge in [-0.05, 0) is 37.1 Å². The number of benzene rings is 2. The van der Waals surface area contributed by atoms with Gasteiger partial charge in [0.05, 0.1) is 9.82 Å². The van der Waals surface area contributed by atoms with Gasteiger partial charge >= 0.3 is 0 Å². The van der Waals surface area contributed by atoms with Crippen molar-refractivity contribution in [2.45, 2.75) is 18.7 Å². The molecule has 0 heterocycles. The maximum Gasteiger partial charge on any atom is 0.295 e. The zero-order valence-electron chi connectivity index (χ0n) is 13.5. The Bertz CT molecular complexity index is 979. The Labute approximate surface area is 147 Å². The van der Waals surface area contributed by atoms with Gasteiger partial charge in [-0.15, -0.1) is 4.99 Å². The first-order valence-electron chi connectivity index (χ1n) is 6.94. The lowest BCUT2D eigenvalue weighted by molar-refractivity contribution is -0.383. The van der Waals surface area contributed by atoms with Crippen LogP contribution in [0.15, 0.2) is 29.2 Å². The van der Waals surface area contributed by atoms with Gasteiger partial charge in [-0.1, -0.05) is 0 Å². The number of nitrogens with zero attached hydrogens (tertiary/aromatic N) is 1. The Balaban J connectivity index is 2.53. The smallest absolute Gasteiger partial charge is 0.295 e. The Kier molecular flexibility index (Phi) is 5.41. The van der Waals surface area contributed by atoms with Crippen molar-refractivity contribution in [1.29, 1.82) is 0 Å². The van der Waals surface area contributed by atoms with E-state index >= 15 is 0 Å². The minimum Gasteiger partial charge on any atom is -0.350 e. The van der Waals surface area contributed by atoms with Crippen molar-refractivity contribution in [3.05, 3.63) is 51.3 Å². The molecule has 0 fully saturated rings. The third-order valence-corrected chi connectivity index (χ3v) is 4.50. The molecule has 2 aromatic rings. The monoisotopic (exact) mass is 387 g/mol. The highest BCUT2D eigenvalue weighted by Crippen LogP contribution is 2.34. The molecule has 0 amide bonds. The highest BCUT2D eigenvalue weighted by atomic mass is 32.2. The minimum atomic E-state index is -4.43. The number of nitro groups is 1. The van der Waals surface area contributed by atoms with Crippen LogP contribution < -0.4 is 10.8 Å². The van der Waals surface area contributed by atoms with Crippen LogP contribution in [-0.2, 0) is 15.1 Å². The summed E-state index contributed by atoms with van der Waals surface area (Å²) in [6, 6.07) is 4.15. The van der Waals surface area contributed by atoms with Crippen molar-refractivity contribution in [3.63, 3.8) is 0 Å². The summed E-state index contributed by atoms with van der Waals surface area (Å²) in [5, 5.41) is 22.2. The minimum absolute atomic E-state index is 0.190. The lowest BCUT2D eigenvalue weighted by atomic mass is 10.1. The normalized spacial score (nSPS) is 11.3. The number of anilines is 3. The number of aryl methyl sites for hydroxylation is 2. The summed E-state index contributed by atoms with van der Waals surface area (Å²) in [5.74, 6) is -0.948. The third kappa shape index (κ3) is 4.05. The topological polar surface area (TPSA) is 151 Å². The van der Waals surface area contributed by atoms with Gasteiger partial charge in [-0.25, -0.2) is 15.1 Å². The summed E-state index contributed by atoms with van der Waals surface area (Å²) < 4.78 is 45.8. The van der Waals surface area contributed by atoms with E-state index in [0.717, 1.165) is 12.1 Å². The van der Waals surface area contributed by atoms with E-state index in [1.807, 2.05) is 0 Å². The van der Waals surface area contributed by atoms with Gasteiger partial charge in [0, 0.05) is 17.8 Å². The van der Waals surface area contributed by atoms with E-state index in [2.05, 4.69) is 10.3 Å². The number of nitro benzene ring substituents is 1. The fourth-order valence-electron chi connectivity index (χ4n) is 2.29. The van der Waals surface area contributed by atoms with Gasteiger partial charge in [0.2, 0.25) is 0 Å². The first-order valence-corrected chi connectivity index (χ1v) is 8.38. The molecule has 2 aromatic carbocycles. The number of hydrogen-bond acceptors (Lipinski definition) is 8. The van der Waals surface area contributed by atoms with E-state index in [1.54, 1.807) is 5.48 Å². The van der Waals surface area contributed by atoms with Crippen molar-refractivity contribution >= 4 is 32.9 Å². The molecule has 12 heteroatoms. The van der Waals surface area contributed by atoms with Gasteiger partial charge in [-0.2, -0.15) is 8.42 Å². The Hall–Kier alpha value is -2.80. The second-order valence-corrected chi connectivity index (χ2v) is 6.72. The van der Waals surface area contributed by atoms with E-state index in [9.17, 15) is 27.5 Å². The van der Waals surface area contributed by atoms with Gasteiger partial charge in [-0.3, -0.25) is 14.7 Å².